The number of anilines is 1. The molecule has 170 valence electrons. The van der Waals surface area contributed by atoms with Crippen LogP contribution in [0.2, 0.25) is 0 Å². The lowest BCUT2D eigenvalue weighted by Crippen LogP contribution is -2.11. The summed E-state index contributed by atoms with van der Waals surface area (Å²) in [5.41, 5.74) is 7.03. The van der Waals surface area contributed by atoms with Crippen molar-refractivity contribution in [1.82, 2.24) is 19.5 Å². The molecule has 0 aliphatic heterocycles. The van der Waals surface area contributed by atoms with Gasteiger partial charge in [0.25, 0.3) is 0 Å². The van der Waals surface area contributed by atoms with Crippen LogP contribution in [0.25, 0.3) is 54.8 Å². The van der Waals surface area contributed by atoms with Gasteiger partial charge in [0.05, 0.1) is 40.3 Å². The topological polar surface area (TPSA) is 113 Å². The number of halogens is 2. The van der Waals surface area contributed by atoms with Crippen LogP contribution in [0.5, 0.6) is 0 Å². The molecule has 0 saturated carbocycles. The number of hydrogen-bond acceptors (Lipinski definition) is 7. The molecule has 0 saturated heterocycles. The maximum atomic E-state index is 15.1. The van der Waals surface area contributed by atoms with E-state index in [4.69, 9.17) is 14.6 Å². The Labute approximate surface area is 193 Å². The van der Waals surface area contributed by atoms with Gasteiger partial charge in [0.2, 0.25) is 11.7 Å². The number of nitrogens with two attached hydrogens (primary N) is 1. The third kappa shape index (κ3) is 2.70. The molecule has 5 heterocycles. The van der Waals surface area contributed by atoms with Crippen molar-refractivity contribution in [1.29, 1.82) is 0 Å². The Morgan fingerprint density at radius 2 is 1.89 bits per heavy atom. The van der Waals surface area contributed by atoms with E-state index < -0.39 is 17.3 Å². The summed E-state index contributed by atoms with van der Waals surface area (Å²) in [7, 11) is 0. The molecule has 7 aromatic rings. The van der Waals surface area contributed by atoms with E-state index in [-0.39, 0.29) is 29.1 Å². The molecule has 7 rings (SSSR count). The van der Waals surface area contributed by atoms with Crippen molar-refractivity contribution < 1.29 is 17.6 Å². The van der Waals surface area contributed by atoms with Gasteiger partial charge in [-0.1, -0.05) is 0 Å². The molecule has 0 atom stereocenters. The van der Waals surface area contributed by atoms with Crippen LogP contribution in [-0.2, 0) is 6.54 Å². The highest BCUT2D eigenvalue weighted by Gasteiger charge is 2.24. The number of nitrogen functional groups attached to an aromatic ring is 1. The van der Waals surface area contributed by atoms with Crippen molar-refractivity contribution in [2.75, 3.05) is 5.73 Å². The maximum absolute atomic E-state index is 15.1. The first kappa shape index (κ1) is 19.6. The number of nitrogens with zero attached hydrogens (tertiary/aromatic N) is 4. The SMILES string of the molecule is Nc1nc(Cn2c3cc(F)c4ccoc4c3c3c4cccnc4oc(=O)c32)c2ccc(F)cc2n1. The summed E-state index contributed by atoms with van der Waals surface area (Å²) in [5.74, 6) is -1.04. The Balaban J connectivity index is 1.67. The minimum absolute atomic E-state index is 0.0109. The van der Waals surface area contributed by atoms with Gasteiger partial charge in [-0.25, -0.2) is 28.5 Å². The van der Waals surface area contributed by atoms with E-state index in [2.05, 4.69) is 15.0 Å². The molecule has 0 aliphatic rings. The fraction of sp³-hybridized carbons (Fsp3) is 0.0400. The number of benzene rings is 2. The van der Waals surface area contributed by atoms with Gasteiger partial charge in [-0.05, 0) is 36.4 Å². The highest BCUT2D eigenvalue weighted by Crippen LogP contribution is 2.39. The fourth-order valence-corrected chi connectivity index (χ4v) is 4.80. The van der Waals surface area contributed by atoms with E-state index in [9.17, 15) is 9.18 Å². The summed E-state index contributed by atoms with van der Waals surface area (Å²) >= 11 is 0. The van der Waals surface area contributed by atoms with Crippen LogP contribution in [0.1, 0.15) is 5.69 Å². The smallest absolute Gasteiger partial charge is 0.362 e. The second kappa shape index (κ2) is 6.83. The van der Waals surface area contributed by atoms with Crippen molar-refractivity contribution in [3.8, 4) is 0 Å². The van der Waals surface area contributed by atoms with Crippen LogP contribution in [-0.4, -0.2) is 19.5 Å². The number of aromatic nitrogens is 4. The van der Waals surface area contributed by atoms with Gasteiger partial charge in [-0.15, -0.1) is 0 Å². The summed E-state index contributed by atoms with van der Waals surface area (Å²) in [5, 5.41) is 2.47. The molecule has 0 fully saturated rings. The average Bonchev–Trinajstić information content (AvgIpc) is 3.43. The van der Waals surface area contributed by atoms with E-state index in [1.165, 1.54) is 36.7 Å². The van der Waals surface area contributed by atoms with E-state index in [1.54, 1.807) is 22.8 Å². The van der Waals surface area contributed by atoms with Crippen LogP contribution in [0.4, 0.5) is 14.7 Å². The van der Waals surface area contributed by atoms with Gasteiger partial charge in [-0.3, -0.25) is 0 Å². The number of pyridine rings is 1. The molecule has 0 unspecified atom stereocenters. The Morgan fingerprint density at radius 3 is 2.77 bits per heavy atom. The first-order chi connectivity index (χ1) is 17.0. The first-order valence-corrected chi connectivity index (χ1v) is 10.6. The quantitative estimate of drug-likeness (QED) is 0.383. The van der Waals surface area contributed by atoms with E-state index in [1.807, 2.05) is 0 Å². The van der Waals surface area contributed by atoms with Crippen molar-refractivity contribution in [3.05, 3.63) is 82.7 Å². The number of rotatable bonds is 2. The number of fused-ring (bicyclic) bond motifs is 8. The second-order valence-electron chi connectivity index (χ2n) is 8.16. The Morgan fingerprint density at radius 1 is 1.00 bits per heavy atom. The minimum atomic E-state index is -0.653. The van der Waals surface area contributed by atoms with Gasteiger partial charge >= 0.3 is 5.63 Å². The Hall–Kier alpha value is -4.86. The molecule has 0 spiro atoms. The van der Waals surface area contributed by atoms with E-state index >= 15 is 4.39 Å². The zero-order valence-electron chi connectivity index (χ0n) is 17.8. The van der Waals surface area contributed by atoms with Gasteiger partial charge in [0.1, 0.15) is 22.7 Å². The molecule has 0 amide bonds. The molecule has 5 aromatic heterocycles. The molecule has 0 radical (unpaired) electrons. The molecular weight excluding hydrogens is 456 g/mol. The molecule has 10 heteroatoms. The van der Waals surface area contributed by atoms with Gasteiger partial charge in [-0.2, -0.15) is 0 Å². The monoisotopic (exact) mass is 469 g/mol. The van der Waals surface area contributed by atoms with Gasteiger partial charge in [0.15, 0.2) is 0 Å². The Bertz CT molecular complexity index is 2050. The number of hydrogen-bond donors (Lipinski definition) is 1. The number of furan rings is 1. The molecule has 8 nitrogen and oxygen atoms in total. The predicted molar refractivity (Wildman–Crippen MR) is 126 cm³/mol. The predicted octanol–water partition coefficient (Wildman–Crippen LogP) is 4.89. The van der Waals surface area contributed by atoms with Crippen LogP contribution >= 0.6 is 0 Å². The van der Waals surface area contributed by atoms with Crippen molar-refractivity contribution in [2.24, 2.45) is 0 Å². The molecule has 2 aromatic carbocycles. The summed E-state index contributed by atoms with van der Waals surface area (Å²) in [6.45, 7) is 0.0109. The summed E-state index contributed by atoms with van der Waals surface area (Å²) in [4.78, 5) is 25.9. The zero-order chi connectivity index (χ0) is 23.8. The van der Waals surface area contributed by atoms with E-state index in [0.29, 0.717) is 43.9 Å². The van der Waals surface area contributed by atoms with Crippen LogP contribution in [0.3, 0.4) is 0 Å². The molecular formula is C25H13F2N5O3. The standard InChI is InChI=1S/C25H13F2N5O3/c26-11-3-4-13-16(8-11)30-25(28)31-17(13)10-32-18-9-15(27)12-5-7-34-22(12)20(18)19-14-2-1-6-29-23(14)35-24(33)21(19)32/h1-9H,10H2,(H2,28,30,31). The van der Waals surface area contributed by atoms with Crippen LogP contribution < -0.4 is 11.4 Å². The minimum Gasteiger partial charge on any atom is -0.463 e. The largest absolute Gasteiger partial charge is 0.463 e. The fourth-order valence-electron chi connectivity index (χ4n) is 4.80. The van der Waals surface area contributed by atoms with Crippen LogP contribution in [0.15, 0.2) is 68.6 Å². The zero-order valence-corrected chi connectivity index (χ0v) is 17.8. The van der Waals surface area contributed by atoms with Crippen molar-refractivity contribution >= 4 is 60.7 Å². The highest BCUT2D eigenvalue weighted by atomic mass is 19.1. The lowest BCUT2D eigenvalue weighted by atomic mass is 10.1. The van der Waals surface area contributed by atoms with Gasteiger partial charge in [0, 0.05) is 28.4 Å². The lowest BCUT2D eigenvalue weighted by molar-refractivity contribution is 0.553. The first-order valence-electron chi connectivity index (χ1n) is 10.6. The van der Waals surface area contributed by atoms with Gasteiger partial charge < -0.3 is 19.1 Å². The van der Waals surface area contributed by atoms with Crippen molar-refractivity contribution in [2.45, 2.75) is 6.54 Å². The highest BCUT2D eigenvalue weighted by molar-refractivity contribution is 6.25. The normalized spacial score (nSPS) is 12.1. The Kier molecular flexibility index (Phi) is 3.82. The van der Waals surface area contributed by atoms with Crippen LogP contribution in [0, 0.1) is 11.6 Å². The van der Waals surface area contributed by atoms with E-state index in [0.717, 1.165) is 0 Å². The molecule has 2 N–H and O–H groups in total. The second-order valence-corrected chi connectivity index (χ2v) is 8.16. The average molecular weight is 469 g/mol. The summed E-state index contributed by atoms with van der Waals surface area (Å²) in [6.07, 6.45) is 2.92. The summed E-state index contributed by atoms with van der Waals surface area (Å²) < 4.78 is 41.7. The molecule has 0 bridgehead atoms. The van der Waals surface area contributed by atoms with Crippen molar-refractivity contribution in [3.63, 3.8) is 0 Å². The summed E-state index contributed by atoms with van der Waals surface area (Å²) in [6, 6.07) is 10.5. The maximum Gasteiger partial charge on any atom is 0.362 e. The molecule has 0 aliphatic carbocycles. The lowest BCUT2D eigenvalue weighted by Gasteiger charge is -2.10. The third-order valence-electron chi connectivity index (χ3n) is 6.20. The molecule has 35 heavy (non-hydrogen) atoms. The third-order valence-corrected chi connectivity index (χ3v) is 6.20.